The van der Waals surface area contributed by atoms with Crippen LogP contribution in [0.3, 0.4) is 0 Å². The highest BCUT2D eigenvalue weighted by Crippen LogP contribution is 2.21. The average Bonchev–Trinajstić information content (AvgIpc) is 2.47. The molecule has 0 aliphatic carbocycles. The highest BCUT2D eigenvalue weighted by Gasteiger charge is 2.30. The van der Waals surface area contributed by atoms with Gasteiger partial charge in [0.1, 0.15) is 5.82 Å². The van der Waals surface area contributed by atoms with Gasteiger partial charge in [-0.05, 0) is 31.0 Å². The fourth-order valence-corrected chi connectivity index (χ4v) is 1.72. The number of hydrogen-bond acceptors (Lipinski definition) is 4. The van der Waals surface area contributed by atoms with Crippen molar-refractivity contribution in [2.45, 2.75) is 32.2 Å². The van der Waals surface area contributed by atoms with Crippen molar-refractivity contribution in [2.24, 2.45) is 5.73 Å². The third kappa shape index (κ3) is 3.33. The molecular weight excluding hydrogens is 263 g/mol. The van der Waals surface area contributed by atoms with Crippen molar-refractivity contribution in [1.82, 2.24) is 0 Å². The standard InChI is InChI=1S/C14H19FN2O3/c1-4-14(16,5-2)13(19)17-11-7-6-9(15)8-10(11)12(18)20-3/h6-8H,4-5,16H2,1-3H3,(H,17,19). The lowest BCUT2D eigenvalue weighted by molar-refractivity contribution is -0.121. The number of hydrogen-bond donors (Lipinski definition) is 2. The monoisotopic (exact) mass is 282 g/mol. The lowest BCUT2D eigenvalue weighted by Gasteiger charge is -2.25. The largest absolute Gasteiger partial charge is 0.465 e. The van der Waals surface area contributed by atoms with Gasteiger partial charge in [-0.2, -0.15) is 0 Å². The molecule has 0 saturated carbocycles. The molecule has 0 unspecified atom stereocenters. The number of esters is 1. The summed E-state index contributed by atoms with van der Waals surface area (Å²) in [5, 5.41) is 2.56. The Hall–Kier alpha value is -1.95. The van der Waals surface area contributed by atoms with Crippen molar-refractivity contribution in [3.8, 4) is 0 Å². The predicted octanol–water partition coefficient (Wildman–Crippen LogP) is 2.07. The fraction of sp³-hybridized carbons (Fsp3) is 0.429. The van der Waals surface area contributed by atoms with E-state index in [4.69, 9.17) is 5.73 Å². The van der Waals surface area contributed by atoms with Gasteiger partial charge in [-0.1, -0.05) is 13.8 Å². The lowest BCUT2D eigenvalue weighted by atomic mass is 9.93. The summed E-state index contributed by atoms with van der Waals surface area (Å²) in [4.78, 5) is 23.7. The SMILES string of the molecule is CCC(N)(CC)C(=O)Nc1ccc(F)cc1C(=O)OC. The first kappa shape index (κ1) is 16.1. The zero-order chi connectivity index (χ0) is 15.3. The first-order valence-electron chi connectivity index (χ1n) is 6.36. The molecule has 1 rings (SSSR count). The number of amides is 1. The number of carbonyl (C=O) groups is 2. The molecule has 1 amide bonds. The number of ether oxygens (including phenoxy) is 1. The highest BCUT2D eigenvalue weighted by molar-refractivity contribution is 6.04. The number of nitrogens with two attached hydrogens (primary N) is 1. The van der Waals surface area contributed by atoms with Gasteiger partial charge in [0.15, 0.2) is 0 Å². The number of anilines is 1. The summed E-state index contributed by atoms with van der Waals surface area (Å²) < 4.78 is 17.8. The Balaban J connectivity index is 3.09. The second-order valence-corrected chi connectivity index (χ2v) is 4.50. The molecule has 5 nitrogen and oxygen atoms in total. The minimum atomic E-state index is -1.03. The van der Waals surface area contributed by atoms with Crippen molar-refractivity contribution in [1.29, 1.82) is 0 Å². The van der Waals surface area contributed by atoms with Crippen LogP contribution in [0, 0.1) is 5.82 Å². The van der Waals surface area contributed by atoms with Crippen LogP contribution >= 0.6 is 0 Å². The van der Waals surface area contributed by atoms with E-state index in [-0.39, 0.29) is 11.3 Å². The maximum absolute atomic E-state index is 13.2. The molecule has 0 atom stereocenters. The maximum atomic E-state index is 13.2. The maximum Gasteiger partial charge on any atom is 0.340 e. The van der Waals surface area contributed by atoms with Gasteiger partial charge < -0.3 is 15.8 Å². The van der Waals surface area contributed by atoms with E-state index in [1.165, 1.54) is 13.2 Å². The molecule has 110 valence electrons. The molecule has 0 heterocycles. The highest BCUT2D eigenvalue weighted by atomic mass is 19.1. The van der Waals surface area contributed by atoms with Crippen LogP contribution in [-0.4, -0.2) is 24.5 Å². The molecule has 20 heavy (non-hydrogen) atoms. The third-order valence-electron chi connectivity index (χ3n) is 3.35. The van der Waals surface area contributed by atoms with Gasteiger partial charge >= 0.3 is 5.97 Å². The van der Waals surface area contributed by atoms with Gasteiger partial charge in [0, 0.05) is 0 Å². The zero-order valence-electron chi connectivity index (χ0n) is 11.8. The molecule has 0 aliphatic heterocycles. The number of nitrogens with one attached hydrogen (secondary N) is 1. The molecule has 0 radical (unpaired) electrons. The summed E-state index contributed by atoms with van der Waals surface area (Å²) in [6, 6.07) is 3.47. The number of carbonyl (C=O) groups excluding carboxylic acids is 2. The van der Waals surface area contributed by atoms with Crippen molar-refractivity contribution in [3.63, 3.8) is 0 Å². The second kappa shape index (κ2) is 6.47. The molecule has 6 heteroatoms. The number of benzene rings is 1. The molecule has 3 N–H and O–H groups in total. The van der Waals surface area contributed by atoms with E-state index in [9.17, 15) is 14.0 Å². The van der Waals surface area contributed by atoms with Gasteiger partial charge in [0.2, 0.25) is 5.91 Å². The first-order valence-corrected chi connectivity index (χ1v) is 6.36. The van der Waals surface area contributed by atoms with Gasteiger partial charge in [-0.15, -0.1) is 0 Å². The molecule has 1 aromatic rings. The van der Waals surface area contributed by atoms with Crippen molar-refractivity contribution in [3.05, 3.63) is 29.6 Å². The predicted molar refractivity (Wildman–Crippen MR) is 73.9 cm³/mol. The Labute approximate surface area is 117 Å². The number of methoxy groups -OCH3 is 1. The van der Waals surface area contributed by atoms with E-state index in [1.807, 2.05) is 0 Å². The Kier molecular flexibility index (Phi) is 5.21. The molecular formula is C14H19FN2O3. The summed E-state index contributed by atoms with van der Waals surface area (Å²) in [7, 11) is 1.18. The van der Waals surface area contributed by atoms with Crippen LogP contribution in [0.2, 0.25) is 0 Å². The third-order valence-corrected chi connectivity index (χ3v) is 3.35. The van der Waals surface area contributed by atoms with Crippen molar-refractivity contribution in [2.75, 3.05) is 12.4 Å². The molecule has 0 aromatic heterocycles. The van der Waals surface area contributed by atoms with Gasteiger partial charge in [0.05, 0.1) is 23.9 Å². The van der Waals surface area contributed by atoms with Crippen LogP contribution in [-0.2, 0) is 9.53 Å². The van der Waals surface area contributed by atoms with Gasteiger partial charge in [-0.25, -0.2) is 9.18 Å². The Morgan fingerprint density at radius 3 is 2.45 bits per heavy atom. The molecule has 0 fully saturated rings. The van der Waals surface area contributed by atoms with Crippen LogP contribution in [0.4, 0.5) is 10.1 Å². The van der Waals surface area contributed by atoms with Crippen LogP contribution in [0.25, 0.3) is 0 Å². The Bertz CT molecular complexity index is 513. The minimum Gasteiger partial charge on any atom is -0.465 e. The number of rotatable bonds is 5. The van der Waals surface area contributed by atoms with Crippen molar-refractivity contribution >= 4 is 17.6 Å². The summed E-state index contributed by atoms with van der Waals surface area (Å²) in [6.45, 7) is 3.60. The van der Waals surface area contributed by atoms with E-state index >= 15 is 0 Å². The van der Waals surface area contributed by atoms with E-state index in [0.717, 1.165) is 12.1 Å². The van der Waals surface area contributed by atoms with E-state index < -0.39 is 23.2 Å². The van der Waals surface area contributed by atoms with Gasteiger partial charge in [-0.3, -0.25) is 4.79 Å². The molecule has 0 saturated heterocycles. The molecule has 0 spiro atoms. The zero-order valence-corrected chi connectivity index (χ0v) is 11.8. The molecule has 1 aromatic carbocycles. The van der Waals surface area contributed by atoms with E-state index in [1.54, 1.807) is 13.8 Å². The summed E-state index contributed by atoms with van der Waals surface area (Å²) in [5.41, 5.74) is 5.08. The van der Waals surface area contributed by atoms with Crippen LogP contribution in [0.5, 0.6) is 0 Å². The first-order chi connectivity index (χ1) is 9.37. The molecule has 0 bridgehead atoms. The van der Waals surface area contributed by atoms with E-state index in [2.05, 4.69) is 10.1 Å². The lowest BCUT2D eigenvalue weighted by Crippen LogP contribution is -2.50. The van der Waals surface area contributed by atoms with Gasteiger partial charge in [0.25, 0.3) is 0 Å². The second-order valence-electron chi connectivity index (χ2n) is 4.50. The van der Waals surface area contributed by atoms with Crippen LogP contribution in [0.1, 0.15) is 37.0 Å². The van der Waals surface area contributed by atoms with Crippen LogP contribution in [0.15, 0.2) is 18.2 Å². The summed E-state index contributed by atoms with van der Waals surface area (Å²) in [6.07, 6.45) is 0.897. The fourth-order valence-electron chi connectivity index (χ4n) is 1.72. The Morgan fingerprint density at radius 1 is 1.35 bits per heavy atom. The summed E-state index contributed by atoms with van der Waals surface area (Å²) >= 11 is 0. The summed E-state index contributed by atoms with van der Waals surface area (Å²) in [5.74, 6) is -1.73. The van der Waals surface area contributed by atoms with E-state index in [0.29, 0.717) is 12.8 Å². The average molecular weight is 282 g/mol. The topological polar surface area (TPSA) is 81.4 Å². The smallest absolute Gasteiger partial charge is 0.340 e. The number of halogens is 1. The Morgan fingerprint density at radius 2 is 1.95 bits per heavy atom. The normalized spacial score (nSPS) is 11.1. The molecule has 0 aliphatic rings. The quantitative estimate of drug-likeness (QED) is 0.810. The van der Waals surface area contributed by atoms with Crippen LogP contribution < -0.4 is 11.1 Å². The minimum absolute atomic E-state index is 0.0459. The van der Waals surface area contributed by atoms with Crippen molar-refractivity contribution < 1.29 is 18.7 Å².